The third-order valence-electron chi connectivity index (χ3n) is 5.28. The van der Waals surface area contributed by atoms with Crippen LogP contribution >= 0.6 is 0 Å². The molecule has 3 aromatic rings. The van der Waals surface area contributed by atoms with Gasteiger partial charge in [-0.1, -0.05) is 54.6 Å². The van der Waals surface area contributed by atoms with Gasteiger partial charge in [-0.3, -0.25) is 15.0 Å². The Balaban J connectivity index is 1.47. The molecule has 162 valence electrons. The van der Waals surface area contributed by atoms with Crippen molar-refractivity contribution >= 4 is 22.5 Å². The molecular formula is C22H22F3N5O. The van der Waals surface area contributed by atoms with E-state index in [-0.39, 0.29) is 6.54 Å². The third kappa shape index (κ3) is 5.29. The van der Waals surface area contributed by atoms with Gasteiger partial charge in [0.1, 0.15) is 0 Å². The summed E-state index contributed by atoms with van der Waals surface area (Å²) in [4.78, 5) is 15.3. The summed E-state index contributed by atoms with van der Waals surface area (Å²) in [5.74, 6) is -0.289. The SMILES string of the molecule is O=C(CN1CCN(c2nnc(Cc3ccccc3)c3ccccc23)CC1)NC(F)(F)F. The largest absolute Gasteiger partial charge is 0.484 e. The summed E-state index contributed by atoms with van der Waals surface area (Å²) < 4.78 is 36.9. The first-order valence-electron chi connectivity index (χ1n) is 10.0. The number of halogens is 3. The Morgan fingerprint density at radius 3 is 2.23 bits per heavy atom. The number of aromatic nitrogens is 2. The lowest BCUT2D eigenvalue weighted by Crippen LogP contribution is -2.51. The van der Waals surface area contributed by atoms with E-state index in [9.17, 15) is 18.0 Å². The van der Waals surface area contributed by atoms with Crippen molar-refractivity contribution in [3.8, 4) is 0 Å². The number of hydrogen-bond acceptors (Lipinski definition) is 5. The maximum atomic E-state index is 12.3. The second-order valence-electron chi connectivity index (χ2n) is 7.49. The van der Waals surface area contributed by atoms with Gasteiger partial charge in [-0.05, 0) is 5.56 Å². The average Bonchev–Trinajstić information content (AvgIpc) is 2.74. The molecule has 1 fully saturated rings. The summed E-state index contributed by atoms with van der Waals surface area (Å²) >= 11 is 0. The lowest BCUT2D eigenvalue weighted by atomic mass is 10.0. The fourth-order valence-electron chi connectivity index (χ4n) is 3.82. The molecular weight excluding hydrogens is 407 g/mol. The first-order valence-corrected chi connectivity index (χ1v) is 10.0. The molecule has 31 heavy (non-hydrogen) atoms. The number of alkyl halides is 3. The summed E-state index contributed by atoms with van der Waals surface area (Å²) in [7, 11) is 0. The maximum absolute atomic E-state index is 12.3. The summed E-state index contributed by atoms with van der Waals surface area (Å²) in [6.45, 7) is 1.75. The highest BCUT2D eigenvalue weighted by Gasteiger charge is 2.31. The molecule has 2 aromatic carbocycles. The number of benzene rings is 2. The maximum Gasteiger partial charge on any atom is 0.484 e. The molecule has 9 heteroatoms. The molecule has 1 N–H and O–H groups in total. The van der Waals surface area contributed by atoms with Crippen molar-refractivity contribution in [3.63, 3.8) is 0 Å². The minimum Gasteiger partial charge on any atom is -0.352 e. The Hall–Kier alpha value is -3.20. The zero-order valence-electron chi connectivity index (χ0n) is 16.8. The van der Waals surface area contributed by atoms with E-state index in [1.54, 1.807) is 4.90 Å². The molecule has 0 spiro atoms. The van der Waals surface area contributed by atoms with Gasteiger partial charge in [-0.25, -0.2) is 0 Å². The third-order valence-corrected chi connectivity index (χ3v) is 5.28. The monoisotopic (exact) mass is 429 g/mol. The second kappa shape index (κ2) is 8.89. The minimum atomic E-state index is -4.70. The number of nitrogens with zero attached hydrogens (tertiary/aromatic N) is 4. The molecule has 1 amide bonds. The van der Waals surface area contributed by atoms with Crippen LogP contribution in [0.15, 0.2) is 54.6 Å². The smallest absolute Gasteiger partial charge is 0.352 e. The Labute approximate surface area is 177 Å². The Morgan fingerprint density at radius 2 is 1.55 bits per heavy atom. The number of fused-ring (bicyclic) bond motifs is 1. The molecule has 0 unspecified atom stereocenters. The van der Waals surface area contributed by atoms with Crippen molar-refractivity contribution in [2.24, 2.45) is 0 Å². The van der Waals surface area contributed by atoms with Gasteiger partial charge in [0, 0.05) is 43.4 Å². The molecule has 0 atom stereocenters. The van der Waals surface area contributed by atoms with Crippen LogP contribution in [0.5, 0.6) is 0 Å². The molecule has 1 aliphatic heterocycles. The number of rotatable bonds is 5. The lowest BCUT2D eigenvalue weighted by Gasteiger charge is -2.35. The van der Waals surface area contributed by atoms with Crippen molar-refractivity contribution in [1.82, 2.24) is 20.4 Å². The van der Waals surface area contributed by atoms with Gasteiger partial charge in [-0.2, -0.15) is 18.3 Å². The topological polar surface area (TPSA) is 61.4 Å². The van der Waals surface area contributed by atoms with Crippen LogP contribution in [0.25, 0.3) is 10.8 Å². The molecule has 1 saturated heterocycles. The number of hydrogen-bond donors (Lipinski definition) is 1. The fourth-order valence-corrected chi connectivity index (χ4v) is 3.82. The Bertz CT molecular complexity index is 1050. The molecule has 0 radical (unpaired) electrons. The predicted molar refractivity (Wildman–Crippen MR) is 112 cm³/mol. The van der Waals surface area contributed by atoms with Crippen LogP contribution in [0, 0.1) is 0 Å². The van der Waals surface area contributed by atoms with Crippen molar-refractivity contribution in [2.45, 2.75) is 12.7 Å². The van der Waals surface area contributed by atoms with E-state index in [1.165, 1.54) is 0 Å². The Morgan fingerprint density at radius 1 is 0.903 bits per heavy atom. The molecule has 2 heterocycles. The fraction of sp³-hybridized carbons (Fsp3) is 0.318. The molecule has 0 aliphatic carbocycles. The van der Waals surface area contributed by atoms with Gasteiger partial charge >= 0.3 is 6.30 Å². The van der Waals surface area contributed by atoms with E-state index in [1.807, 2.05) is 42.5 Å². The van der Waals surface area contributed by atoms with Gasteiger partial charge < -0.3 is 4.90 Å². The first-order chi connectivity index (χ1) is 14.9. The van der Waals surface area contributed by atoms with Crippen LogP contribution in [0.2, 0.25) is 0 Å². The highest BCUT2D eigenvalue weighted by atomic mass is 19.4. The first kappa shape index (κ1) is 21.0. The van der Waals surface area contributed by atoms with Crippen molar-refractivity contribution < 1.29 is 18.0 Å². The van der Waals surface area contributed by atoms with Crippen LogP contribution < -0.4 is 10.2 Å². The van der Waals surface area contributed by atoms with Crippen LogP contribution in [0.3, 0.4) is 0 Å². The molecule has 1 aliphatic rings. The molecule has 0 saturated carbocycles. The lowest BCUT2D eigenvalue weighted by molar-refractivity contribution is -0.170. The van der Waals surface area contributed by atoms with Crippen LogP contribution in [-0.4, -0.2) is 60.0 Å². The van der Waals surface area contributed by atoms with E-state index >= 15 is 0 Å². The Kier molecular flexibility index (Phi) is 6.03. The van der Waals surface area contributed by atoms with Gasteiger partial charge in [0.15, 0.2) is 5.82 Å². The zero-order chi connectivity index (χ0) is 21.8. The van der Waals surface area contributed by atoms with E-state index < -0.39 is 12.2 Å². The number of amides is 1. The highest BCUT2D eigenvalue weighted by molar-refractivity contribution is 5.93. The predicted octanol–water partition coefficient (Wildman–Crippen LogP) is 2.98. The number of nitrogens with one attached hydrogen (secondary N) is 1. The number of carbonyl (C=O) groups is 1. The molecule has 6 nitrogen and oxygen atoms in total. The quantitative estimate of drug-likeness (QED) is 0.632. The van der Waals surface area contributed by atoms with Crippen molar-refractivity contribution in [2.75, 3.05) is 37.6 Å². The van der Waals surface area contributed by atoms with E-state index in [0.29, 0.717) is 32.6 Å². The van der Waals surface area contributed by atoms with Crippen LogP contribution in [0.4, 0.5) is 19.0 Å². The van der Waals surface area contributed by atoms with E-state index in [0.717, 1.165) is 33.2 Å². The number of carbonyl (C=O) groups excluding carboxylic acids is 1. The summed E-state index contributed by atoms with van der Waals surface area (Å²) in [6, 6.07) is 18.0. The van der Waals surface area contributed by atoms with Gasteiger partial charge in [-0.15, -0.1) is 5.10 Å². The summed E-state index contributed by atoms with van der Waals surface area (Å²) in [5.41, 5.74) is 2.05. The molecule has 4 rings (SSSR count). The molecule has 0 bridgehead atoms. The van der Waals surface area contributed by atoms with E-state index in [4.69, 9.17) is 0 Å². The van der Waals surface area contributed by atoms with Gasteiger partial charge in [0.05, 0.1) is 12.2 Å². The van der Waals surface area contributed by atoms with Gasteiger partial charge in [0.2, 0.25) is 5.91 Å². The standard InChI is InChI=1S/C22H22F3N5O/c23-22(24,25)26-20(31)15-29-10-12-30(13-11-29)21-18-9-5-4-8-17(18)19(27-28-21)14-16-6-2-1-3-7-16/h1-9H,10-15H2,(H,26,31). The van der Waals surface area contributed by atoms with Gasteiger partial charge in [0.25, 0.3) is 0 Å². The summed E-state index contributed by atoms with van der Waals surface area (Å²) in [5, 5.41) is 12.0. The van der Waals surface area contributed by atoms with Crippen molar-refractivity contribution in [3.05, 3.63) is 65.9 Å². The second-order valence-corrected chi connectivity index (χ2v) is 7.49. The number of piperazine rings is 1. The highest BCUT2D eigenvalue weighted by Crippen LogP contribution is 2.27. The van der Waals surface area contributed by atoms with Crippen LogP contribution in [-0.2, 0) is 11.2 Å². The van der Waals surface area contributed by atoms with Crippen molar-refractivity contribution in [1.29, 1.82) is 0 Å². The zero-order valence-corrected chi connectivity index (χ0v) is 16.8. The number of anilines is 1. The van der Waals surface area contributed by atoms with Crippen LogP contribution in [0.1, 0.15) is 11.3 Å². The average molecular weight is 429 g/mol. The summed E-state index contributed by atoms with van der Waals surface area (Å²) in [6.07, 6.45) is -4.02. The minimum absolute atomic E-state index is 0.282. The van der Waals surface area contributed by atoms with E-state index in [2.05, 4.69) is 27.2 Å². The molecule has 1 aromatic heterocycles. The normalized spacial score (nSPS) is 15.3.